The number of nitrogens with zero attached hydrogens (tertiary/aromatic N) is 2. The molecular weight excluding hydrogens is 408 g/mol. The Bertz CT molecular complexity index is 930. The van der Waals surface area contributed by atoms with Gasteiger partial charge in [0, 0.05) is 17.7 Å². The van der Waals surface area contributed by atoms with E-state index in [1.54, 1.807) is 24.7 Å². The van der Waals surface area contributed by atoms with Crippen LogP contribution in [-0.4, -0.2) is 20.7 Å². The Morgan fingerprint density at radius 2 is 1.88 bits per heavy atom. The van der Waals surface area contributed by atoms with E-state index in [9.17, 15) is 9.90 Å². The summed E-state index contributed by atoms with van der Waals surface area (Å²) in [6, 6.07) is 0. The molecule has 1 heterocycles. The van der Waals surface area contributed by atoms with Crippen molar-refractivity contribution in [3.63, 3.8) is 0 Å². The number of carbonyl (C=O) groups is 1. The molecule has 0 saturated heterocycles. The van der Waals surface area contributed by atoms with Crippen LogP contribution in [0.1, 0.15) is 85.1 Å². The highest BCUT2D eigenvalue weighted by atomic mass is 16.3. The van der Waals surface area contributed by atoms with Crippen molar-refractivity contribution in [1.82, 2.24) is 9.78 Å². The molecule has 11 atom stereocenters. The second-order valence-electron chi connectivity index (χ2n) is 13.8. The van der Waals surface area contributed by atoms with Crippen molar-refractivity contribution in [1.29, 1.82) is 0 Å². The zero-order valence-electron chi connectivity index (χ0n) is 21.3. The lowest BCUT2D eigenvalue weighted by Crippen LogP contribution is -2.51. The smallest absolute Gasteiger partial charge is 0.158 e. The SMILES string of the molecule is C[C@H]1CCC2[C@H](CC[C@H]3C4[C@@H]5[C@H](C)[C@@H]5[C@H](C(=O)Cn5cc(C(C)(C)O)cn5)[C@@]4(C)CC[C@H]23)C1. The van der Waals surface area contributed by atoms with Gasteiger partial charge in [-0.25, -0.2) is 0 Å². The van der Waals surface area contributed by atoms with Gasteiger partial charge in [0.05, 0.1) is 18.3 Å². The van der Waals surface area contributed by atoms with E-state index in [0.717, 1.165) is 47.0 Å². The number of aliphatic hydroxyl groups is 1. The summed E-state index contributed by atoms with van der Waals surface area (Å²) in [5, 5.41) is 14.7. The Morgan fingerprint density at radius 1 is 1.12 bits per heavy atom. The van der Waals surface area contributed by atoms with Crippen LogP contribution in [0.3, 0.4) is 0 Å². The maximum absolute atomic E-state index is 13.8. The Labute approximate surface area is 199 Å². The molecule has 0 radical (unpaired) electrons. The number of fused-ring (bicyclic) bond motifs is 7. The van der Waals surface area contributed by atoms with Gasteiger partial charge >= 0.3 is 0 Å². The molecular formula is C29H44N2O2. The highest BCUT2D eigenvalue weighted by Gasteiger charge is 2.73. The lowest BCUT2D eigenvalue weighted by Gasteiger charge is -2.57. The highest BCUT2D eigenvalue weighted by Crippen LogP contribution is 2.76. The van der Waals surface area contributed by atoms with Crippen molar-refractivity contribution < 1.29 is 9.90 Å². The fraction of sp³-hybridized carbons (Fsp3) is 0.862. The van der Waals surface area contributed by atoms with Crippen LogP contribution in [-0.2, 0) is 16.9 Å². The summed E-state index contributed by atoms with van der Waals surface area (Å²) in [6.45, 7) is 11.3. The van der Waals surface area contributed by atoms with Crippen molar-refractivity contribution in [2.24, 2.45) is 64.6 Å². The summed E-state index contributed by atoms with van der Waals surface area (Å²) in [6.07, 6.45) is 13.4. The van der Waals surface area contributed by atoms with Gasteiger partial charge in [0.1, 0.15) is 0 Å². The van der Waals surface area contributed by atoms with Crippen LogP contribution in [0.15, 0.2) is 12.4 Å². The number of aromatic nitrogens is 2. The van der Waals surface area contributed by atoms with Crippen LogP contribution in [0.25, 0.3) is 0 Å². The predicted octanol–water partition coefficient (Wildman–Crippen LogP) is 5.69. The van der Waals surface area contributed by atoms with E-state index >= 15 is 0 Å². The average Bonchev–Trinajstić information content (AvgIpc) is 3.10. The fourth-order valence-corrected chi connectivity index (χ4v) is 10.1. The van der Waals surface area contributed by atoms with Gasteiger partial charge in [-0.2, -0.15) is 5.10 Å². The highest BCUT2D eigenvalue weighted by molar-refractivity contribution is 5.83. The monoisotopic (exact) mass is 452 g/mol. The molecule has 0 aromatic carbocycles. The van der Waals surface area contributed by atoms with Crippen molar-refractivity contribution in [2.45, 2.75) is 91.7 Å². The summed E-state index contributed by atoms with van der Waals surface area (Å²) in [5.74, 6) is 8.10. The van der Waals surface area contributed by atoms with Gasteiger partial charge in [-0.15, -0.1) is 0 Å². The van der Waals surface area contributed by atoms with E-state index in [1.807, 2.05) is 6.20 Å². The molecule has 0 spiro atoms. The molecule has 5 aliphatic rings. The third-order valence-electron chi connectivity index (χ3n) is 11.5. The molecule has 182 valence electrons. The zero-order chi connectivity index (χ0) is 23.3. The minimum Gasteiger partial charge on any atom is -0.386 e. The molecule has 5 saturated carbocycles. The molecule has 0 amide bonds. The molecule has 1 N–H and O–H groups in total. The van der Waals surface area contributed by atoms with Crippen LogP contribution in [0.2, 0.25) is 0 Å². The molecule has 0 bridgehead atoms. The zero-order valence-corrected chi connectivity index (χ0v) is 21.3. The van der Waals surface area contributed by atoms with E-state index in [4.69, 9.17) is 0 Å². The number of hydrogen-bond donors (Lipinski definition) is 1. The number of Topliss-reactive ketones (excluding diaryl/α,β-unsaturated/α-hetero) is 1. The van der Waals surface area contributed by atoms with Crippen LogP contribution >= 0.6 is 0 Å². The summed E-state index contributed by atoms with van der Waals surface area (Å²) in [4.78, 5) is 13.8. The first-order valence-corrected chi connectivity index (χ1v) is 13.9. The Kier molecular flexibility index (Phi) is 5.02. The van der Waals surface area contributed by atoms with Crippen LogP contribution in [0.4, 0.5) is 0 Å². The maximum atomic E-state index is 13.8. The Morgan fingerprint density at radius 3 is 2.61 bits per heavy atom. The number of rotatable bonds is 4. The standard InChI is InChI=1S/C29H44N2O2/c1-16-6-8-20-18(12-16)7-9-22-21(20)10-11-29(5)26(22)24-17(2)25(24)27(29)23(32)15-31-14-19(13-30-31)28(3,4)33/h13-14,16-18,20-22,24-27,33H,6-12,15H2,1-5H3/t16-,17-,18+,20?,21+,22+,24+,25-,26?,27-,29-/m0/s1. The van der Waals surface area contributed by atoms with Crippen molar-refractivity contribution >= 4 is 5.78 Å². The Balaban J connectivity index is 1.23. The van der Waals surface area contributed by atoms with Gasteiger partial charge in [0.15, 0.2) is 5.78 Å². The number of hydrogen-bond acceptors (Lipinski definition) is 3. The number of carbonyl (C=O) groups excluding carboxylic acids is 1. The van der Waals surface area contributed by atoms with E-state index in [2.05, 4.69) is 25.9 Å². The molecule has 1 aromatic heterocycles. The number of ketones is 1. The maximum Gasteiger partial charge on any atom is 0.158 e. The van der Waals surface area contributed by atoms with Gasteiger partial charge in [-0.1, -0.05) is 27.2 Å². The topological polar surface area (TPSA) is 55.1 Å². The first-order chi connectivity index (χ1) is 15.6. The average molecular weight is 453 g/mol. The second kappa shape index (κ2) is 7.42. The van der Waals surface area contributed by atoms with Crippen molar-refractivity contribution in [3.8, 4) is 0 Å². The van der Waals surface area contributed by atoms with E-state index in [-0.39, 0.29) is 11.3 Å². The quantitative estimate of drug-likeness (QED) is 0.639. The first kappa shape index (κ1) is 22.3. The van der Waals surface area contributed by atoms with Crippen LogP contribution in [0, 0.1) is 64.6 Å². The summed E-state index contributed by atoms with van der Waals surface area (Å²) >= 11 is 0. The lowest BCUT2D eigenvalue weighted by atomic mass is 9.47. The van der Waals surface area contributed by atoms with Gasteiger partial charge in [0.25, 0.3) is 0 Å². The molecule has 5 aliphatic carbocycles. The van der Waals surface area contributed by atoms with Crippen molar-refractivity contribution in [2.75, 3.05) is 0 Å². The van der Waals surface area contributed by atoms with Gasteiger partial charge in [0.2, 0.25) is 0 Å². The first-order valence-electron chi connectivity index (χ1n) is 13.9. The van der Waals surface area contributed by atoms with E-state index in [1.165, 1.54) is 44.9 Å². The predicted molar refractivity (Wildman–Crippen MR) is 129 cm³/mol. The molecule has 1 aromatic rings. The van der Waals surface area contributed by atoms with Crippen LogP contribution in [0.5, 0.6) is 0 Å². The molecule has 4 nitrogen and oxygen atoms in total. The van der Waals surface area contributed by atoms with E-state index < -0.39 is 5.60 Å². The second-order valence-corrected chi connectivity index (χ2v) is 13.8. The molecule has 33 heavy (non-hydrogen) atoms. The molecule has 5 fully saturated rings. The normalized spacial score (nSPS) is 48.4. The minimum absolute atomic E-state index is 0.182. The summed E-state index contributed by atoms with van der Waals surface area (Å²) in [5.41, 5.74) is 0.0411. The summed E-state index contributed by atoms with van der Waals surface area (Å²) in [7, 11) is 0. The molecule has 4 heteroatoms. The van der Waals surface area contributed by atoms with Gasteiger partial charge in [-0.05, 0) is 111 Å². The largest absolute Gasteiger partial charge is 0.386 e. The Hall–Kier alpha value is -1.16. The minimum atomic E-state index is -0.921. The molecule has 0 aliphatic heterocycles. The van der Waals surface area contributed by atoms with Gasteiger partial charge < -0.3 is 5.11 Å². The van der Waals surface area contributed by atoms with Crippen LogP contribution < -0.4 is 0 Å². The van der Waals surface area contributed by atoms with Gasteiger partial charge in [-0.3, -0.25) is 9.48 Å². The lowest BCUT2D eigenvalue weighted by molar-refractivity contribution is -0.135. The third kappa shape index (κ3) is 3.32. The molecule has 2 unspecified atom stereocenters. The fourth-order valence-electron chi connectivity index (χ4n) is 10.1. The van der Waals surface area contributed by atoms with Crippen molar-refractivity contribution in [3.05, 3.63) is 18.0 Å². The third-order valence-corrected chi connectivity index (χ3v) is 11.5. The van der Waals surface area contributed by atoms with E-state index in [0.29, 0.717) is 24.2 Å². The molecule has 6 rings (SSSR count). The summed E-state index contributed by atoms with van der Waals surface area (Å²) < 4.78 is 1.77.